The summed E-state index contributed by atoms with van der Waals surface area (Å²) in [6.07, 6.45) is 1.10. The lowest BCUT2D eigenvalue weighted by molar-refractivity contribution is 0.140. The Morgan fingerprint density at radius 3 is 2.65 bits per heavy atom. The van der Waals surface area contributed by atoms with Crippen molar-refractivity contribution in [2.75, 3.05) is 25.6 Å². The molecule has 0 unspecified atom stereocenters. The molecule has 0 spiro atoms. The number of benzene rings is 1. The van der Waals surface area contributed by atoms with Crippen molar-refractivity contribution in [2.24, 2.45) is 4.99 Å². The second kappa shape index (κ2) is 6.09. The van der Waals surface area contributed by atoms with Gasteiger partial charge in [-0.3, -0.25) is 0 Å². The second-order valence-corrected chi connectivity index (χ2v) is 4.45. The van der Waals surface area contributed by atoms with Crippen molar-refractivity contribution in [1.29, 1.82) is 0 Å². The predicted octanol–water partition coefficient (Wildman–Crippen LogP) is 3.25. The third-order valence-corrected chi connectivity index (χ3v) is 2.75. The molecule has 0 bridgehead atoms. The van der Waals surface area contributed by atoms with Crippen LogP contribution in [-0.2, 0) is 4.74 Å². The zero-order valence-corrected chi connectivity index (χ0v) is 11.5. The Balaban J connectivity index is 2.19. The Kier molecular flexibility index (Phi) is 4.44. The van der Waals surface area contributed by atoms with E-state index in [9.17, 15) is 8.78 Å². The summed E-state index contributed by atoms with van der Waals surface area (Å²) in [6.45, 7) is 0.838. The number of methoxy groups -OCH3 is 1. The maximum Gasteiger partial charge on any atom is 0.362 e. The van der Waals surface area contributed by atoms with E-state index in [4.69, 9.17) is 21.1 Å². The van der Waals surface area contributed by atoms with Crippen LogP contribution >= 0.6 is 11.6 Å². The summed E-state index contributed by atoms with van der Waals surface area (Å²) in [5.74, 6) is 0.767. The number of nitrogens with zero attached hydrogens (tertiary/aromatic N) is 1. The highest BCUT2D eigenvalue weighted by molar-refractivity contribution is 6.24. The van der Waals surface area contributed by atoms with Crippen molar-refractivity contribution in [2.45, 2.75) is 5.38 Å². The number of halogens is 3. The Bertz CT molecular complexity index is 524. The van der Waals surface area contributed by atoms with E-state index in [0.29, 0.717) is 24.6 Å². The molecule has 1 aromatic rings. The first-order chi connectivity index (χ1) is 9.49. The lowest BCUT2D eigenvalue weighted by Gasteiger charge is -2.16. The summed E-state index contributed by atoms with van der Waals surface area (Å²) in [5, 5.41) is -0.987. The van der Waals surface area contributed by atoms with Crippen LogP contribution < -0.4 is 10.1 Å². The highest BCUT2D eigenvalue weighted by Crippen LogP contribution is 2.30. The van der Waals surface area contributed by atoms with E-state index < -0.39 is 11.1 Å². The first kappa shape index (κ1) is 14.6. The van der Waals surface area contributed by atoms with Gasteiger partial charge in [0, 0.05) is 11.8 Å². The lowest BCUT2D eigenvalue weighted by Crippen LogP contribution is -2.19. The molecular weight excluding hydrogens is 290 g/mol. The minimum atomic E-state index is -3.55. The minimum Gasteiger partial charge on any atom is -0.497 e. The van der Waals surface area contributed by atoms with E-state index in [0.717, 1.165) is 6.08 Å². The minimum absolute atomic E-state index is 0.140. The molecule has 0 amide bonds. The molecule has 1 heterocycles. The number of allylic oxidation sites excluding steroid dienone is 1. The molecular formula is C13H13ClF2N2O2. The predicted molar refractivity (Wildman–Crippen MR) is 73.8 cm³/mol. The SMILES string of the molecule is COc1ccc(N/C(=C\C2=NCCO2)C(F)(F)Cl)cc1. The zero-order chi connectivity index (χ0) is 14.6. The summed E-state index contributed by atoms with van der Waals surface area (Å²) >= 11 is 5.09. The third kappa shape index (κ3) is 3.84. The van der Waals surface area contributed by atoms with E-state index in [-0.39, 0.29) is 5.90 Å². The average molecular weight is 303 g/mol. The number of alkyl halides is 3. The molecule has 1 N–H and O–H groups in total. The number of rotatable bonds is 5. The summed E-state index contributed by atoms with van der Waals surface area (Å²) in [6, 6.07) is 6.51. The second-order valence-electron chi connectivity index (χ2n) is 3.98. The van der Waals surface area contributed by atoms with Gasteiger partial charge < -0.3 is 14.8 Å². The molecule has 108 valence electrons. The first-order valence-corrected chi connectivity index (χ1v) is 6.24. The average Bonchev–Trinajstić information content (AvgIpc) is 2.91. The van der Waals surface area contributed by atoms with Crippen LogP contribution in [0.15, 0.2) is 41.0 Å². The molecule has 7 heteroatoms. The summed E-state index contributed by atoms with van der Waals surface area (Å²) in [7, 11) is 1.52. The van der Waals surface area contributed by atoms with E-state index in [2.05, 4.69) is 10.3 Å². The van der Waals surface area contributed by atoms with Gasteiger partial charge in [0.25, 0.3) is 0 Å². The third-order valence-electron chi connectivity index (χ3n) is 2.55. The van der Waals surface area contributed by atoms with Crippen molar-refractivity contribution >= 4 is 23.2 Å². The molecule has 0 radical (unpaired) electrons. The van der Waals surface area contributed by atoms with Crippen molar-refractivity contribution in [3.8, 4) is 5.75 Å². The van der Waals surface area contributed by atoms with Crippen molar-refractivity contribution in [1.82, 2.24) is 0 Å². The van der Waals surface area contributed by atoms with Crippen LogP contribution in [0.1, 0.15) is 0 Å². The van der Waals surface area contributed by atoms with Gasteiger partial charge >= 0.3 is 5.38 Å². The number of hydrogen-bond donors (Lipinski definition) is 1. The fourth-order valence-corrected chi connectivity index (χ4v) is 1.68. The standard InChI is InChI=1S/C13H13ClF2N2O2/c1-19-10-4-2-9(3-5-10)18-11(13(14,15)16)8-12-17-6-7-20-12/h2-5,8,18H,6-7H2,1H3/b11-8-. The molecule has 0 aliphatic carbocycles. The number of anilines is 1. The van der Waals surface area contributed by atoms with Gasteiger partial charge in [-0.05, 0) is 35.9 Å². The lowest BCUT2D eigenvalue weighted by atomic mass is 10.3. The first-order valence-electron chi connectivity index (χ1n) is 5.86. The number of aliphatic imine (C=N–C) groups is 1. The quantitative estimate of drug-likeness (QED) is 0.849. The van der Waals surface area contributed by atoms with Crippen LogP contribution in [-0.4, -0.2) is 31.5 Å². The maximum absolute atomic E-state index is 13.4. The molecule has 1 aliphatic rings. The highest BCUT2D eigenvalue weighted by Gasteiger charge is 2.32. The van der Waals surface area contributed by atoms with E-state index in [1.165, 1.54) is 7.11 Å². The molecule has 0 fully saturated rings. The highest BCUT2D eigenvalue weighted by atomic mass is 35.5. The molecule has 0 aromatic heterocycles. The molecule has 0 atom stereocenters. The normalized spacial score (nSPS) is 15.6. The van der Waals surface area contributed by atoms with Gasteiger partial charge in [-0.2, -0.15) is 8.78 Å². The van der Waals surface area contributed by atoms with E-state index in [1.54, 1.807) is 24.3 Å². The van der Waals surface area contributed by atoms with Crippen LogP contribution in [0.2, 0.25) is 0 Å². The van der Waals surface area contributed by atoms with Gasteiger partial charge in [0.15, 0.2) is 0 Å². The van der Waals surface area contributed by atoms with Crippen LogP contribution in [0.25, 0.3) is 0 Å². The van der Waals surface area contributed by atoms with Gasteiger partial charge in [-0.1, -0.05) is 0 Å². The summed E-state index contributed by atoms with van der Waals surface area (Å²) in [5.41, 5.74) is -0.0408. The Hall–Kier alpha value is -1.82. The van der Waals surface area contributed by atoms with E-state index in [1.807, 2.05) is 0 Å². The van der Waals surface area contributed by atoms with Crippen molar-refractivity contribution in [3.63, 3.8) is 0 Å². The van der Waals surface area contributed by atoms with Gasteiger partial charge in [-0.25, -0.2) is 4.99 Å². The Morgan fingerprint density at radius 2 is 2.15 bits per heavy atom. The largest absolute Gasteiger partial charge is 0.497 e. The molecule has 20 heavy (non-hydrogen) atoms. The maximum atomic E-state index is 13.4. The topological polar surface area (TPSA) is 42.8 Å². The van der Waals surface area contributed by atoms with E-state index >= 15 is 0 Å². The molecule has 4 nitrogen and oxygen atoms in total. The monoisotopic (exact) mass is 302 g/mol. The van der Waals surface area contributed by atoms with Gasteiger partial charge in [0.05, 0.1) is 13.7 Å². The number of ether oxygens (including phenoxy) is 2. The van der Waals surface area contributed by atoms with Gasteiger partial charge in [0.2, 0.25) is 5.90 Å². The van der Waals surface area contributed by atoms with Gasteiger partial charge in [0.1, 0.15) is 18.1 Å². The molecule has 1 aliphatic heterocycles. The van der Waals surface area contributed by atoms with Crippen molar-refractivity contribution < 1.29 is 18.3 Å². The van der Waals surface area contributed by atoms with Crippen LogP contribution in [0.3, 0.4) is 0 Å². The molecule has 0 saturated carbocycles. The summed E-state index contributed by atoms with van der Waals surface area (Å²) < 4.78 is 36.8. The number of nitrogens with one attached hydrogen (secondary N) is 1. The Morgan fingerprint density at radius 1 is 1.45 bits per heavy atom. The Labute approximate surface area is 120 Å². The fourth-order valence-electron chi connectivity index (χ4n) is 1.58. The van der Waals surface area contributed by atoms with Gasteiger partial charge in [-0.15, -0.1) is 0 Å². The van der Waals surface area contributed by atoms with Crippen LogP contribution in [0.5, 0.6) is 5.75 Å². The molecule has 0 saturated heterocycles. The van der Waals surface area contributed by atoms with Crippen molar-refractivity contribution in [3.05, 3.63) is 36.0 Å². The van der Waals surface area contributed by atoms with Crippen LogP contribution in [0.4, 0.5) is 14.5 Å². The zero-order valence-electron chi connectivity index (χ0n) is 10.7. The smallest absolute Gasteiger partial charge is 0.362 e. The van der Waals surface area contributed by atoms with Crippen LogP contribution in [0, 0.1) is 0 Å². The molecule has 1 aromatic carbocycles. The fraction of sp³-hybridized carbons (Fsp3) is 0.308. The molecule has 2 rings (SSSR count). The number of hydrogen-bond acceptors (Lipinski definition) is 4. The summed E-state index contributed by atoms with van der Waals surface area (Å²) in [4.78, 5) is 3.92.